The highest BCUT2D eigenvalue weighted by molar-refractivity contribution is 7.21. The number of rotatable bonds is 7. The second kappa shape index (κ2) is 10.1. The van der Waals surface area contributed by atoms with Crippen molar-refractivity contribution in [3.05, 3.63) is 91.7 Å². The van der Waals surface area contributed by atoms with Crippen molar-refractivity contribution in [3.8, 4) is 17.2 Å². The van der Waals surface area contributed by atoms with Gasteiger partial charge < -0.3 is 14.6 Å². The molecule has 9 heteroatoms. The van der Waals surface area contributed by atoms with Gasteiger partial charge in [0, 0.05) is 33.3 Å². The Hall–Kier alpha value is -3.39. The molecule has 0 saturated heterocycles. The first-order valence-corrected chi connectivity index (χ1v) is 11.8. The Morgan fingerprint density at radius 1 is 1.06 bits per heavy atom. The predicted octanol–water partition coefficient (Wildman–Crippen LogP) is 7.84. The molecule has 0 spiro atoms. The van der Waals surface area contributed by atoms with Crippen LogP contribution in [0.4, 0.5) is 4.39 Å². The van der Waals surface area contributed by atoms with Crippen LogP contribution >= 0.6 is 34.5 Å². The van der Waals surface area contributed by atoms with Crippen LogP contribution in [0.1, 0.15) is 31.9 Å². The molecular formula is C26H17Cl2FO5S. The van der Waals surface area contributed by atoms with Crippen LogP contribution in [-0.4, -0.2) is 17.4 Å². The van der Waals surface area contributed by atoms with Crippen molar-refractivity contribution in [2.24, 2.45) is 0 Å². The van der Waals surface area contributed by atoms with Crippen LogP contribution in [0, 0.1) is 19.7 Å². The van der Waals surface area contributed by atoms with Crippen LogP contribution in [-0.2, 0) is 9.53 Å². The van der Waals surface area contributed by atoms with E-state index in [1.165, 1.54) is 42.5 Å². The zero-order valence-corrected chi connectivity index (χ0v) is 20.7. The number of thiophene rings is 1. The monoisotopic (exact) mass is 530 g/mol. The van der Waals surface area contributed by atoms with E-state index < -0.39 is 5.82 Å². The largest absolute Gasteiger partial charge is 0.508 e. The van der Waals surface area contributed by atoms with Crippen LogP contribution in [0.2, 0.25) is 10.0 Å². The van der Waals surface area contributed by atoms with E-state index in [-0.39, 0.29) is 44.4 Å². The fraction of sp³-hybridized carbons (Fsp3) is 0.0769. The Balaban J connectivity index is 1.83. The van der Waals surface area contributed by atoms with Gasteiger partial charge in [-0.2, -0.15) is 0 Å². The molecule has 0 bridgehead atoms. The maximum absolute atomic E-state index is 13.8. The molecule has 3 aromatic carbocycles. The van der Waals surface area contributed by atoms with Gasteiger partial charge in [-0.15, -0.1) is 11.3 Å². The highest BCUT2D eigenvalue weighted by Crippen LogP contribution is 2.44. The fourth-order valence-corrected chi connectivity index (χ4v) is 5.43. The normalized spacial score (nSPS) is 11.2. The summed E-state index contributed by atoms with van der Waals surface area (Å²) in [7, 11) is 0. The number of halogens is 3. The summed E-state index contributed by atoms with van der Waals surface area (Å²) in [6.07, 6.45) is 2.57. The average Bonchev–Trinajstić information content (AvgIpc) is 3.12. The summed E-state index contributed by atoms with van der Waals surface area (Å²) >= 11 is 13.9. The third kappa shape index (κ3) is 5.03. The number of phenols is 1. The van der Waals surface area contributed by atoms with Gasteiger partial charge in [-0.25, -0.2) is 4.39 Å². The second-order valence-electron chi connectivity index (χ2n) is 7.62. The summed E-state index contributed by atoms with van der Waals surface area (Å²) in [5.74, 6) is -0.191. The van der Waals surface area contributed by atoms with Gasteiger partial charge in [0.2, 0.25) is 5.78 Å². The highest BCUT2D eigenvalue weighted by atomic mass is 35.5. The fourth-order valence-electron chi connectivity index (χ4n) is 3.73. The lowest BCUT2D eigenvalue weighted by molar-refractivity contribution is -0.123. The molecule has 4 rings (SSSR count). The minimum atomic E-state index is -0.425. The third-order valence-electron chi connectivity index (χ3n) is 5.20. The van der Waals surface area contributed by atoms with E-state index in [2.05, 4.69) is 4.74 Å². The molecule has 35 heavy (non-hydrogen) atoms. The molecule has 0 aliphatic carbocycles. The van der Waals surface area contributed by atoms with E-state index in [0.29, 0.717) is 32.3 Å². The summed E-state index contributed by atoms with van der Waals surface area (Å²) in [5, 5.41) is 11.0. The number of benzene rings is 3. The van der Waals surface area contributed by atoms with Crippen molar-refractivity contribution < 1.29 is 28.6 Å². The van der Waals surface area contributed by atoms with Gasteiger partial charge in [0.05, 0.1) is 16.3 Å². The topological polar surface area (TPSA) is 72.8 Å². The molecule has 4 aromatic rings. The maximum atomic E-state index is 13.8. The van der Waals surface area contributed by atoms with E-state index in [9.17, 15) is 19.1 Å². The lowest BCUT2D eigenvalue weighted by Gasteiger charge is -2.12. The molecule has 1 N–H and O–H groups in total. The molecule has 0 unspecified atom stereocenters. The molecule has 178 valence electrons. The van der Waals surface area contributed by atoms with E-state index in [1.807, 2.05) is 0 Å². The number of hydrogen-bond donors (Lipinski definition) is 1. The van der Waals surface area contributed by atoms with Gasteiger partial charge in [-0.1, -0.05) is 23.2 Å². The van der Waals surface area contributed by atoms with Crippen molar-refractivity contribution in [1.82, 2.24) is 0 Å². The van der Waals surface area contributed by atoms with Gasteiger partial charge >= 0.3 is 0 Å². The van der Waals surface area contributed by atoms with Crippen molar-refractivity contribution in [2.75, 3.05) is 0 Å². The zero-order valence-electron chi connectivity index (χ0n) is 18.4. The number of carbonyl (C=O) groups excluding carboxylic acids is 2. The SMILES string of the molecule is Cc1cc(F)cc(C)c1C(=O)c1sc2cc(O)ccc2c1Oc1cc(Cl)c(/C=C/OC=O)c(Cl)c1. The van der Waals surface area contributed by atoms with Gasteiger partial charge in [-0.3, -0.25) is 9.59 Å². The zero-order chi connectivity index (χ0) is 25.3. The Bertz CT molecular complexity index is 1460. The van der Waals surface area contributed by atoms with Gasteiger partial charge in [-0.05, 0) is 61.4 Å². The Morgan fingerprint density at radius 3 is 2.34 bits per heavy atom. The van der Waals surface area contributed by atoms with E-state index in [0.717, 1.165) is 17.6 Å². The molecule has 1 heterocycles. The first kappa shape index (κ1) is 24.7. The molecule has 0 aliphatic rings. The molecule has 0 amide bonds. The molecule has 1 aromatic heterocycles. The molecule has 5 nitrogen and oxygen atoms in total. The van der Waals surface area contributed by atoms with E-state index in [4.69, 9.17) is 27.9 Å². The minimum absolute atomic E-state index is 0.0400. The Morgan fingerprint density at radius 2 is 1.71 bits per heavy atom. The number of fused-ring (bicyclic) bond motifs is 1. The van der Waals surface area contributed by atoms with Crippen LogP contribution in [0.5, 0.6) is 17.2 Å². The Kier molecular flexibility index (Phi) is 7.12. The molecule has 0 aliphatic heterocycles. The van der Waals surface area contributed by atoms with E-state index >= 15 is 0 Å². The number of phenolic OH excluding ortho intramolecular Hbond substituents is 1. The van der Waals surface area contributed by atoms with Crippen molar-refractivity contribution in [1.29, 1.82) is 0 Å². The number of ether oxygens (including phenoxy) is 2. The quantitative estimate of drug-likeness (QED) is 0.149. The molecule has 0 radical (unpaired) electrons. The van der Waals surface area contributed by atoms with Gasteiger partial charge in [0.25, 0.3) is 6.47 Å². The van der Waals surface area contributed by atoms with Crippen molar-refractivity contribution in [3.63, 3.8) is 0 Å². The molecule has 0 atom stereocenters. The number of ketones is 1. The van der Waals surface area contributed by atoms with Crippen molar-refractivity contribution in [2.45, 2.75) is 13.8 Å². The molecule has 0 fully saturated rings. The number of hydrogen-bond acceptors (Lipinski definition) is 6. The lowest BCUT2D eigenvalue weighted by Crippen LogP contribution is -2.06. The third-order valence-corrected chi connectivity index (χ3v) is 6.96. The van der Waals surface area contributed by atoms with E-state index in [1.54, 1.807) is 19.9 Å². The second-order valence-corrected chi connectivity index (χ2v) is 9.49. The van der Waals surface area contributed by atoms with Gasteiger partial charge in [0.15, 0.2) is 5.75 Å². The summed E-state index contributed by atoms with van der Waals surface area (Å²) in [6, 6.07) is 10.3. The number of aryl methyl sites for hydroxylation is 2. The Labute approximate surface area is 213 Å². The predicted molar refractivity (Wildman–Crippen MR) is 136 cm³/mol. The number of carbonyl (C=O) groups is 2. The van der Waals surface area contributed by atoms with Gasteiger partial charge in [0.1, 0.15) is 22.2 Å². The highest BCUT2D eigenvalue weighted by Gasteiger charge is 2.25. The first-order valence-electron chi connectivity index (χ1n) is 10.2. The molecular weight excluding hydrogens is 514 g/mol. The maximum Gasteiger partial charge on any atom is 0.297 e. The lowest BCUT2D eigenvalue weighted by atomic mass is 9.97. The summed E-state index contributed by atoms with van der Waals surface area (Å²) in [5.41, 5.74) is 1.78. The summed E-state index contributed by atoms with van der Waals surface area (Å²) in [6.45, 7) is 3.60. The number of aromatic hydroxyl groups is 1. The minimum Gasteiger partial charge on any atom is -0.508 e. The van der Waals surface area contributed by atoms with Crippen LogP contribution in [0.15, 0.2) is 48.7 Å². The van der Waals surface area contributed by atoms with Crippen LogP contribution < -0.4 is 4.74 Å². The summed E-state index contributed by atoms with van der Waals surface area (Å²) < 4.78 is 25.2. The molecule has 0 saturated carbocycles. The first-order chi connectivity index (χ1) is 16.7. The van der Waals surface area contributed by atoms with Crippen LogP contribution in [0.25, 0.3) is 16.2 Å². The summed E-state index contributed by atoms with van der Waals surface area (Å²) in [4.78, 5) is 24.3. The standard InChI is InChI=1S/C26H17Cl2FO5S/c1-13-7-15(29)8-14(2)23(13)24(32)26-25(19-4-3-16(31)9-22(19)35-26)34-17-10-20(27)18(21(28)11-17)5-6-33-12-30/h3-12,31H,1-2H3/b6-5+. The average molecular weight is 531 g/mol. The van der Waals surface area contributed by atoms with Crippen molar-refractivity contribution >= 4 is 63.0 Å². The smallest absolute Gasteiger partial charge is 0.297 e. The van der Waals surface area contributed by atoms with Crippen LogP contribution in [0.3, 0.4) is 0 Å².